The highest BCUT2D eigenvalue weighted by Gasteiger charge is 2.24. The van der Waals surface area contributed by atoms with Crippen molar-refractivity contribution in [2.75, 3.05) is 17.7 Å². The summed E-state index contributed by atoms with van der Waals surface area (Å²) < 4.78 is 7.08. The Morgan fingerprint density at radius 2 is 1.69 bits per heavy atom. The molecule has 6 rings (SSSR count). The van der Waals surface area contributed by atoms with Crippen LogP contribution in [-0.2, 0) is 17.6 Å². The van der Waals surface area contributed by atoms with Gasteiger partial charge in [-0.3, -0.25) is 14.2 Å². The molecule has 248 valence electrons. The number of benzene rings is 2. The minimum atomic E-state index is -1.27. The number of fused-ring (bicyclic) bond motifs is 1. The van der Waals surface area contributed by atoms with Gasteiger partial charge in [-0.2, -0.15) is 5.12 Å². The number of carboxylic acid groups (broad SMARTS) is 2. The number of nitrogens with zero attached hydrogens (tertiary/aromatic N) is 7. The predicted octanol–water partition coefficient (Wildman–Crippen LogP) is 2.00. The van der Waals surface area contributed by atoms with Gasteiger partial charge in [0.15, 0.2) is 23.1 Å². The van der Waals surface area contributed by atoms with Gasteiger partial charge >= 0.3 is 11.9 Å². The summed E-state index contributed by atoms with van der Waals surface area (Å²) in [5.41, 5.74) is 6.33. The number of aromatic nitrogens is 4. The first-order valence-corrected chi connectivity index (χ1v) is 14.6. The zero-order valence-corrected chi connectivity index (χ0v) is 25.6. The number of hydrazone groups is 2. The Balaban J connectivity index is 1.15. The molecule has 0 unspecified atom stereocenters. The van der Waals surface area contributed by atoms with Gasteiger partial charge in [0.05, 0.1) is 29.6 Å². The summed E-state index contributed by atoms with van der Waals surface area (Å²) >= 11 is 0. The van der Waals surface area contributed by atoms with Gasteiger partial charge in [0.25, 0.3) is 11.8 Å². The minimum absolute atomic E-state index is 0.00935. The van der Waals surface area contributed by atoms with Crippen LogP contribution in [0.15, 0.2) is 83.5 Å². The van der Waals surface area contributed by atoms with E-state index in [2.05, 4.69) is 47.1 Å². The molecule has 2 aliphatic rings. The molecule has 0 fully saturated rings. The van der Waals surface area contributed by atoms with Gasteiger partial charge in [-0.05, 0) is 78.9 Å². The molecule has 0 bridgehead atoms. The molecule has 18 heteroatoms. The molecular weight excluding hydrogens is 638 g/mol. The average molecular weight is 666 g/mol. The molecule has 18 nitrogen and oxygen atoms in total. The molecule has 0 atom stereocenters. The average Bonchev–Trinajstić information content (AvgIpc) is 3.81. The Morgan fingerprint density at radius 3 is 2.41 bits per heavy atom. The standard InChI is InChI=1S/C31H27N11O7/c1-49-25-15-20(31(47)48)24(34-29(44)22-8-10-27-37-39-40-42(27)38-22)14-18(25)4-2-3-17-5-6-19(30(45)46)23(13-17)33-28(43)21-7-9-26(36-35-21)41-12-11-32-16-41/h5-16,39-40H,2-4H2,1H3,(H,33,43)(H,34,44)(H,45,46)(H,47,48). The van der Waals surface area contributed by atoms with E-state index < -0.39 is 23.8 Å². The fourth-order valence-corrected chi connectivity index (χ4v) is 5.00. The number of amidine groups is 1. The van der Waals surface area contributed by atoms with Crippen molar-refractivity contribution in [1.82, 2.24) is 35.9 Å². The van der Waals surface area contributed by atoms with Crippen molar-refractivity contribution >= 4 is 46.7 Å². The Labute approximate surface area is 276 Å². The maximum Gasteiger partial charge on any atom is 0.337 e. The van der Waals surface area contributed by atoms with E-state index in [-0.39, 0.29) is 33.9 Å². The van der Waals surface area contributed by atoms with Crippen molar-refractivity contribution in [2.45, 2.75) is 19.3 Å². The minimum Gasteiger partial charge on any atom is -0.496 e. The molecule has 6 N–H and O–H groups in total. The summed E-state index contributed by atoms with van der Waals surface area (Å²) in [4.78, 5) is 53.9. The van der Waals surface area contributed by atoms with Gasteiger partial charge in [-0.25, -0.2) is 20.1 Å². The van der Waals surface area contributed by atoms with Gasteiger partial charge in [0.2, 0.25) is 0 Å². The fourth-order valence-electron chi connectivity index (χ4n) is 5.00. The number of anilines is 2. The van der Waals surface area contributed by atoms with E-state index in [4.69, 9.17) is 4.74 Å². The second kappa shape index (κ2) is 13.8. The quantitative estimate of drug-likeness (QED) is 0.127. The van der Waals surface area contributed by atoms with E-state index in [0.717, 1.165) is 5.56 Å². The normalized spacial score (nSPS) is 13.1. The highest BCUT2D eigenvalue weighted by Crippen LogP contribution is 2.30. The first kappa shape index (κ1) is 32.0. The van der Waals surface area contributed by atoms with Crippen LogP contribution in [0.2, 0.25) is 0 Å². The van der Waals surface area contributed by atoms with E-state index in [0.29, 0.717) is 42.2 Å². The number of nitrogens with one attached hydrogen (secondary N) is 4. The van der Waals surface area contributed by atoms with Crippen LogP contribution in [0.3, 0.4) is 0 Å². The number of aromatic carboxylic acids is 2. The molecule has 49 heavy (non-hydrogen) atoms. The SMILES string of the molecule is COc1cc(C(=O)O)c(NC(=O)C2=NN3NNN=C3C=C2)cc1CCCc1ccc(C(=O)O)c(NC(=O)c2ccc(-n3ccnc3)nn2)c1. The first-order chi connectivity index (χ1) is 23.7. The molecule has 4 heterocycles. The molecule has 0 radical (unpaired) electrons. The van der Waals surface area contributed by atoms with Crippen molar-refractivity contribution in [3.05, 3.63) is 101 Å². The number of amides is 2. The van der Waals surface area contributed by atoms with E-state index in [1.165, 1.54) is 48.9 Å². The largest absolute Gasteiger partial charge is 0.496 e. The smallest absolute Gasteiger partial charge is 0.337 e. The Bertz CT molecular complexity index is 2040. The predicted molar refractivity (Wildman–Crippen MR) is 173 cm³/mol. The van der Waals surface area contributed by atoms with Crippen LogP contribution in [0.1, 0.15) is 48.8 Å². The number of carboxylic acids is 2. The van der Waals surface area contributed by atoms with Crippen LogP contribution in [0.4, 0.5) is 11.4 Å². The fraction of sp³-hybridized carbons (Fsp3) is 0.129. The third-order valence-electron chi connectivity index (χ3n) is 7.40. The lowest BCUT2D eigenvalue weighted by Crippen LogP contribution is -2.40. The summed E-state index contributed by atoms with van der Waals surface area (Å²) in [5.74, 6) is -2.57. The Kier molecular flexibility index (Phi) is 9.02. The van der Waals surface area contributed by atoms with E-state index in [9.17, 15) is 29.4 Å². The number of carbonyl (C=O) groups excluding carboxylic acids is 2. The number of hydrogen-bond donors (Lipinski definition) is 6. The highest BCUT2D eigenvalue weighted by atomic mass is 16.5. The molecule has 0 spiro atoms. The van der Waals surface area contributed by atoms with E-state index >= 15 is 0 Å². The Morgan fingerprint density at radius 1 is 0.898 bits per heavy atom. The van der Waals surface area contributed by atoms with Crippen LogP contribution < -0.4 is 26.4 Å². The molecule has 4 aromatic rings. The summed E-state index contributed by atoms with van der Waals surface area (Å²) in [7, 11) is 1.41. The number of hydrazine groups is 2. The Hall–Kier alpha value is -6.95. The van der Waals surface area contributed by atoms with Crippen molar-refractivity contribution in [1.29, 1.82) is 0 Å². The summed E-state index contributed by atoms with van der Waals surface area (Å²) in [6.45, 7) is 0. The second-order valence-electron chi connectivity index (χ2n) is 10.5. The van der Waals surface area contributed by atoms with Crippen LogP contribution >= 0.6 is 0 Å². The van der Waals surface area contributed by atoms with Gasteiger partial charge in [-0.15, -0.1) is 25.9 Å². The maximum absolute atomic E-state index is 13.0. The lowest BCUT2D eigenvalue weighted by molar-refractivity contribution is -0.110. The van der Waals surface area contributed by atoms with Gasteiger partial charge < -0.3 is 25.6 Å². The number of aryl methyl sites for hydroxylation is 2. The molecule has 2 aromatic carbocycles. The van der Waals surface area contributed by atoms with Gasteiger partial charge in [-0.1, -0.05) is 6.07 Å². The number of hydrogen-bond acceptors (Lipinski definition) is 13. The maximum atomic E-state index is 13.0. The van der Waals surface area contributed by atoms with Crippen molar-refractivity contribution in [2.24, 2.45) is 10.2 Å². The van der Waals surface area contributed by atoms with Gasteiger partial charge in [0, 0.05) is 12.4 Å². The molecule has 2 aromatic heterocycles. The van der Waals surface area contributed by atoms with Crippen LogP contribution in [0.25, 0.3) is 5.82 Å². The van der Waals surface area contributed by atoms with E-state index in [1.807, 2.05) is 0 Å². The van der Waals surface area contributed by atoms with Crippen LogP contribution in [0.5, 0.6) is 5.75 Å². The summed E-state index contributed by atoms with van der Waals surface area (Å²) in [6, 6.07) is 10.5. The number of imidazole rings is 1. The number of rotatable bonds is 12. The third kappa shape index (κ3) is 7.08. The molecule has 2 aliphatic heterocycles. The summed E-state index contributed by atoms with van der Waals surface area (Å²) in [6.07, 6.45) is 9.16. The van der Waals surface area contributed by atoms with Crippen LogP contribution in [-0.4, -0.2) is 77.5 Å². The molecule has 0 aliphatic carbocycles. The first-order valence-electron chi connectivity index (χ1n) is 14.6. The molecule has 2 amide bonds. The topological polar surface area (TPSA) is 238 Å². The molecule has 0 saturated carbocycles. The monoisotopic (exact) mass is 665 g/mol. The van der Waals surface area contributed by atoms with Crippen LogP contribution in [0, 0.1) is 0 Å². The second-order valence-corrected chi connectivity index (χ2v) is 10.5. The zero-order chi connectivity index (χ0) is 34.5. The lowest BCUT2D eigenvalue weighted by atomic mass is 9.99. The highest BCUT2D eigenvalue weighted by molar-refractivity contribution is 6.48. The van der Waals surface area contributed by atoms with Crippen molar-refractivity contribution < 1.29 is 34.1 Å². The number of ether oxygens (including phenoxy) is 1. The third-order valence-corrected chi connectivity index (χ3v) is 7.40. The van der Waals surface area contributed by atoms with E-state index in [1.54, 1.807) is 41.2 Å². The van der Waals surface area contributed by atoms with Crippen molar-refractivity contribution in [3.8, 4) is 11.6 Å². The molecular formula is C31H27N11O7. The number of carbonyl (C=O) groups is 4. The van der Waals surface area contributed by atoms with Crippen molar-refractivity contribution in [3.63, 3.8) is 0 Å². The number of methoxy groups -OCH3 is 1. The summed E-state index contributed by atoms with van der Waals surface area (Å²) in [5, 5.41) is 42.1. The molecule has 0 saturated heterocycles. The zero-order valence-electron chi connectivity index (χ0n) is 25.6. The lowest BCUT2D eigenvalue weighted by Gasteiger charge is -2.17. The van der Waals surface area contributed by atoms with Gasteiger partial charge in [0.1, 0.15) is 12.1 Å².